The molecule has 1 aromatic carbocycles. The van der Waals surface area contributed by atoms with Crippen molar-refractivity contribution in [3.63, 3.8) is 0 Å². The van der Waals surface area contributed by atoms with Crippen LogP contribution in [0.25, 0.3) is 0 Å². The van der Waals surface area contributed by atoms with E-state index >= 15 is 0 Å². The van der Waals surface area contributed by atoms with E-state index in [2.05, 4.69) is 30.9 Å². The Labute approximate surface area is 119 Å². The lowest BCUT2D eigenvalue weighted by Gasteiger charge is -2.36. The molecule has 18 heavy (non-hydrogen) atoms. The lowest BCUT2D eigenvalue weighted by molar-refractivity contribution is 0.727. The van der Waals surface area contributed by atoms with Crippen LogP contribution in [0.2, 0.25) is 5.02 Å². The predicted molar refractivity (Wildman–Crippen MR) is 82.8 cm³/mol. The second kappa shape index (κ2) is 5.72. The largest absolute Gasteiger partial charge is 0.368 e. The van der Waals surface area contributed by atoms with Gasteiger partial charge in [-0.15, -0.1) is 0 Å². The van der Waals surface area contributed by atoms with Crippen molar-refractivity contribution < 1.29 is 0 Å². The Bertz CT molecular complexity index is 412. The average molecular weight is 285 g/mol. The van der Waals surface area contributed by atoms with Crippen LogP contribution in [-0.4, -0.2) is 23.6 Å². The molecule has 0 radical (unpaired) electrons. The lowest BCUT2D eigenvalue weighted by Crippen LogP contribution is -2.40. The average Bonchev–Trinajstić information content (AvgIpc) is 2.27. The molecule has 1 aromatic rings. The molecule has 2 rings (SSSR count). The summed E-state index contributed by atoms with van der Waals surface area (Å²) >= 11 is 8.45. The predicted octanol–water partition coefficient (Wildman–Crippen LogP) is 3.69. The molecule has 4 heteroatoms. The zero-order chi connectivity index (χ0) is 13.3. The van der Waals surface area contributed by atoms with Gasteiger partial charge in [-0.05, 0) is 24.6 Å². The van der Waals surface area contributed by atoms with Gasteiger partial charge in [0.25, 0.3) is 0 Å². The fourth-order valence-corrected chi connectivity index (χ4v) is 4.07. The second-order valence-electron chi connectivity index (χ2n) is 5.16. The van der Waals surface area contributed by atoms with Gasteiger partial charge >= 0.3 is 0 Å². The SMILES string of the molecule is CC1CN(c2ccc([C@H](C)N)cc2Cl)CC(C)S1. The van der Waals surface area contributed by atoms with E-state index in [1.807, 2.05) is 24.8 Å². The highest BCUT2D eigenvalue weighted by Gasteiger charge is 2.23. The van der Waals surface area contributed by atoms with E-state index in [0.717, 1.165) is 29.4 Å². The van der Waals surface area contributed by atoms with Crippen molar-refractivity contribution in [3.05, 3.63) is 28.8 Å². The second-order valence-corrected chi connectivity index (χ2v) is 7.45. The van der Waals surface area contributed by atoms with E-state index in [0.29, 0.717) is 10.5 Å². The van der Waals surface area contributed by atoms with Gasteiger partial charge < -0.3 is 10.6 Å². The molecule has 2 N–H and O–H groups in total. The fourth-order valence-electron chi connectivity index (χ4n) is 2.44. The van der Waals surface area contributed by atoms with Crippen LogP contribution in [0.15, 0.2) is 18.2 Å². The van der Waals surface area contributed by atoms with Crippen LogP contribution in [0.4, 0.5) is 5.69 Å². The Balaban J connectivity index is 2.22. The van der Waals surface area contributed by atoms with Crippen LogP contribution in [-0.2, 0) is 0 Å². The highest BCUT2D eigenvalue weighted by molar-refractivity contribution is 8.00. The number of benzene rings is 1. The number of anilines is 1. The molecule has 1 heterocycles. The van der Waals surface area contributed by atoms with E-state index < -0.39 is 0 Å². The summed E-state index contributed by atoms with van der Waals surface area (Å²) in [5, 5.41) is 2.12. The number of nitrogens with two attached hydrogens (primary N) is 1. The van der Waals surface area contributed by atoms with Crippen molar-refractivity contribution >= 4 is 29.1 Å². The van der Waals surface area contributed by atoms with Crippen molar-refractivity contribution in [1.29, 1.82) is 0 Å². The summed E-state index contributed by atoms with van der Waals surface area (Å²) in [4.78, 5) is 2.39. The summed E-state index contributed by atoms with van der Waals surface area (Å²) in [6, 6.07) is 6.23. The topological polar surface area (TPSA) is 29.3 Å². The molecule has 1 fully saturated rings. The summed E-state index contributed by atoms with van der Waals surface area (Å²) < 4.78 is 0. The van der Waals surface area contributed by atoms with Crippen LogP contribution < -0.4 is 10.6 Å². The van der Waals surface area contributed by atoms with Gasteiger partial charge in [-0.2, -0.15) is 11.8 Å². The van der Waals surface area contributed by atoms with Gasteiger partial charge in [0.15, 0.2) is 0 Å². The molecule has 1 aliphatic rings. The van der Waals surface area contributed by atoms with Crippen molar-refractivity contribution in [1.82, 2.24) is 0 Å². The van der Waals surface area contributed by atoms with Gasteiger partial charge in [-0.25, -0.2) is 0 Å². The Hall–Kier alpha value is -0.380. The maximum Gasteiger partial charge on any atom is 0.0642 e. The third-order valence-electron chi connectivity index (χ3n) is 3.26. The number of hydrogen-bond donors (Lipinski definition) is 1. The van der Waals surface area contributed by atoms with Crippen molar-refractivity contribution in [2.45, 2.75) is 37.3 Å². The molecular formula is C14H21ClN2S. The molecule has 0 spiro atoms. The number of halogens is 1. The first-order valence-corrected chi connectivity index (χ1v) is 7.75. The lowest BCUT2D eigenvalue weighted by atomic mass is 10.1. The molecule has 0 aromatic heterocycles. The summed E-state index contributed by atoms with van der Waals surface area (Å²) in [7, 11) is 0. The van der Waals surface area contributed by atoms with E-state index in [9.17, 15) is 0 Å². The van der Waals surface area contributed by atoms with Gasteiger partial charge in [0, 0.05) is 29.6 Å². The van der Waals surface area contributed by atoms with E-state index in [-0.39, 0.29) is 6.04 Å². The fraction of sp³-hybridized carbons (Fsp3) is 0.571. The first-order chi connectivity index (χ1) is 8.47. The number of thioether (sulfide) groups is 1. The van der Waals surface area contributed by atoms with Gasteiger partial charge in [0.1, 0.15) is 0 Å². The van der Waals surface area contributed by atoms with Crippen molar-refractivity contribution in [3.8, 4) is 0 Å². The summed E-state index contributed by atoms with van der Waals surface area (Å²) in [6.45, 7) is 8.65. The summed E-state index contributed by atoms with van der Waals surface area (Å²) in [6.07, 6.45) is 0. The molecule has 3 atom stereocenters. The smallest absolute Gasteiger partial charge is 0.0642 e. The minimum atomic E-state index is 0.0336. The highest BCUT2D eigenvalue weighted by Crippen LogP contribution is 2.33. The van der Waals surface area contributed by atoms with Gasteiger partial charge in [-0.1, -0.05) is 31.5 Å². The molecular weight excluding hydrogens is 264 g/mol. The molecule has 0 bridgehead atoms. The third-order valence-corrected chi connectivity index (χ3v) is 4.79. The Morgan fingerprint density at radius 3 is 2.44 bits per heavy atom. The number of nitrogens with zero attached hydrogens (tertiary/aromatic N) is 1. The normalized spacial score (nSPS) is 26.2. The van der Waals surface area contributed by atoms with Crippen LogP contribution in [0.3, 0.4) is 0 Å². The van der Waals surface area contributed by atoms with Crippen LogP contribution in [0.5, 0.6) is 0 Å². The Morgan fingerprint density at radius 2 is 1.94 bits per heavy atom. The van der Waals surface area contributed by atoms with Crippen molar-refractivity contribution in [2.24, 2.45) is 5.73 Å². The van der Waals surface area contributed by atoms with Gasteiger partial charge in [0.2, 0.25) is 0 Å². The molecule has 0 amide bonds. The zero-order valence-corrected chi connectivity index (χ0v) is 12.8. The first-order valence-electron chi connectivity index (χ1n) is 6.43. The maximum absolute atomic E-state index is 6.40. The van der Waals surface area contributed by atoms with Crippen molar-refractivity contribution in [2.75, 3.05) is 18.0 Å². The van der Waals surface area contributed by atoms with E-state index in [1.165, 1.54) is 0 Å². The third kappa shape index (κ3) is 3.14. The van der Waals surface area contributed by atoms with Crippen LogP contribution in [0, 0.1) is 0 Å². The van der Waals surface area contributed by atoms with Gasteiger partial charge in [0.05, 0.1) is 10.7 Å². The summed E-state index contributed by atoms with van der Waals surface area (Å²) in [5.74, 6) is 0. The number of hydrogen-bond acceptors (Lipinski definition) is 3. The van der Waals surface area contributed by atoms with Crippen LogP contribution in [0.1, 0.15) is 32.4 Å². The minimum absolute atomic E-state index is 0.0336. The molecule has 0 aliphatic carbocycles. The van der Waals surface area contributed by atoms with Crippen LogP contribution >= 0.6 is 23.4 Å². The Kier molecular flexibility index (Phi) is 4.46. The monoisotopic (exact) mass is 284 g/mol. The summed E-state index contributed by atoms with van der Waals surface area (Å²) in [5.41, 5.74) is 8.11. The first kappa shape index (κ1) is 14.0. The molecule has 1 aliphatic heterocycles. The zero-order valence-electron chi connectivity index (χ0n) is 11.2. The molecule has 2 unspecified atom stereocenters. The van der Waals surface area contributed by atoms with E-state index in [4.69, 9.17) is 17.3 Å². The molecule has 100 valence electrons. The van der Waals surface area contributed by atoms with E-state index in [1.54, 1.807) is 0 Å². The minimum Gasteiger partial charge on any atom is -0.368 e. The highest BCUT2D eigenvalue weighted by atomic mass is 35.5. The maximum atomic E-state index is 6.40. The molecule has 1 saturated heterocycles. The Morgan fingerprint density at radius 1 is 1.33 bits per heavy atom. The van der Waals surface area contributed by atoms with Gasteiger partial charge in [-0.3, -0.25) is 0 Å². The standard InChI is InChI=1S/C14H21ClN2S/c1-9-7-17(8-10(2)18-9)14-5-4-12(11(3)16)6-13(14)15/h4-6,9-11H,7-8,16H2,1-3H3/t9?,10?,11-/m0/s1. The number of rotatable bonds is 2. The molecule has 2 nitrogen and oxygen atoms in total. The quantitative estimate of drug-likeness (QED) is 0.898. The molecule has 0 saturated carbocycles.